The summed E-state index contributed by atoms with van der Waals surface area (Å²) in [4.78, 5) is 11.8. The van der Waals surface area contributed by atoms with E-state index in [2.05, 4.69) is 21.2 Å². The Balaban J connectivity index is 3.26. The maximum Gasteiger partial charge on any atom is 0.330 e. The molecule has 0 amide bonds. The number of ether oxygens (including phenoxy) is 1. The van der Waals surface area contributed by atoms with Gasteiger partial charge in [-0.3, -0.25) is 5.32 Å². The number of rotatable bonds is 4. The first-order valence-corrected chi connectivity index (χ1v) is 6.04. The van der Waals surface area contributed by atoms with E-state index in [1.165, 1.54) is 13.2 Å². The van der Waals surface area contributed by atoms with Gasteiger partial charge in [-0.25, -0.2) is 9.18 Å². The number of methoxy groups -OCH3 is 1. The first-order valence-electron chi connectivity index (χ1n) is 5.24. The quantitative estimate of drug-likeness (QED) is 0.869. The molecule has 3 nitrogen and oxygen atoms in total. The number of benzene rings is 1. The number of likely N-dealkylation sites (N-methyl/N-ethyl adjacent to an activating group) is 1. The molecule has 0 spiro atoms. The van der Waals surface area contributed by atoms with Crippen molar-refractivity contribution in [3.8, 4) is 0 Å². The average molecular weight is 304 g/mol. The molecule has 17 heavy (non-hydrogen) atoms. The SMILES string of the molecule is CCNC(C)(C(=O)OC)c1ccc(Br)cc1F. The average Bonchev–Trinajstić information content (AvgIpc) is 2.27. The van der Waals surface area contributed by atoms with Crippen LogP contribution in [0.25, 0.3) is 0 Å². The zero-order valence-corrected chi connectivity index (χ0v) is 11.6. The van der Waals surface area contributed by atoms with Gasteiger partial charge in [0.15, 0.2) is 0 Å². The van der Waals surface area contributed by atoms with Gasteiger partial charge in [0.05, 0.1) is 7.11 Å². The molecular weight excluding hydrogens is 289 g/mol. The maximum atomic E-state index is 13.9. The van der Waals surface area contributed by atoms with Crippen molar-refractivity contribution >= 4 is 21.9 Å². The molecule has 1 rings (SSSR count). The predicted molar refractivity (Wildman–Crippen MR) is 67.1 cm³/mol. The van der Waals surface area contributed by atoms with Crippen molar-refractivity contribution in [1.29, 1.82) is 0 Å². The lowest BCUT2D eigenvalue weighted by molar-refractivity contribution is -0.148. The van der Waals surface area contributed by atoms with Gasteiger partial charge in [-0.1, -0.05) is 28.9 Å². The second-order valence-electron chi connectivity index (χ2n) is 3.77. The van der Waals surface area contributed by atoms with E-state index in [9.17, 15) is 9.18 Å². The summed E-state index contributed by atoms with van der Waals surface area (Å²) in [6, 6.07) is 4.59. The van der Waals surface area contributed by atoms with Crippen LogP contribution in [-0.2, 0) is 15.1 Å². The molecule has 0 bridgehead atoms. The number of carbonyl (C=O) groups is 1. The second-order valence-corrected chi connectivity index (χ2v) is 4.69. The Labute approximate surface area is 108 Å². The van der Waals surface area contributed by atoms with Gasteiger partial charge in [-0.2, -0.15) is 0 Å². The van der Waals surface area contributed by atoms with Crippen molar-refractivity contribution in [1.82, 2.24) is 5.32 Å². The Hall–Kier alpha value is -0.940. The molecule has 0 aromatic heterocycles. The minimum Gasteiger partial charge on any atom is -0.467 e. The van der Waals surface area contributed by atoms with Crippen LogP contribution in [0.4, 0.5) is 4.39 Å². The standard InChI is InChI=1S/C12H15BrFNO2/c1-4-15-12(2,11(16)17-3)9-6-5-8(13)7-10(9)14/h5-7,15H,4H2,1-3H3. The third-order valence-corrected chi connectivity index (χ3v) is 3.09. The van der Waals surface area contributed by atoms with Crippen LogP contribution in [0.2, 0.25) is 0 Å². The highest BCUT2D eigenvalue weighted by atomic mass is 79.9. The maximum absolute atomic E-state index is 13.9. The van der Waals surface area contributed by atoms with Crippen LogP contribution in [-0.4, -0.2) is 19.6 Å². The molecule has 5 heteroatoms. The number of halogens is 2. The second kappa shape index (κ2) is 5.60. The fourth-order valence-electron chi connectivity index (χ4n) is 1.73. The molecule has 1 aromatic carbocycles. The molecule has 1 N–H and O–H groups in total. The van der Waals surface area contributed by atoms with E-state index in [0.717, 1.165) is 0 Å². The summed E-state index contributed by atoms with van der Waals surface area (Å²) >= 11 is 3.18. The van der Waals surface area contributed by atoms with Crippen molar-refractivity contribution < 1.29 is 13.9 Å². The number of hydrogen-bond acceptors (Lipinski definition) is 3. The summed E-state index contributed by atoms with van der Waals surface area (Å²) in [5, 5.41) is 2.96. The smallest absolute Gasteiger partial charge is 0.330 e. The van der Waals surface area contributed by atoms with Crippen LogP contribution >= 0.6 is 15.9 Å². The van der Waals surface area contributed by atoms with Crippen molar-refractivity contribution in [2.75, 3.05) is 13.7 Å². The lowest BCUT2D eigenvalue weighted by atomic mass is 9.91. The lowest BCUT2D eigenvalue weighted by Gasteiger charge is -2.28. The highest BCUT2D eigenvalue weighted by Gasteiger charge is 2.37. The summed E-state index contributed by atoms with van der Waals surface area (Å²) in [5.74, 6) is -0.964. The van der Waals surface area contributed by atoms with Crippen LogP contribution < -0.4 is 5.32 Å². The normalized spacial score (nSPS) is 14.2. The van der Waals surface area contributed by atoms with E-state index in [1.807, 2.05) is 6.92 Å². The number of esters is 1. The lowest BCUT2D eigenvalue weighted by Crippen LogP contribution is -2.47. The summed E-state index contributed by atoms with van der Waals surface area (Å²) in [6.07, 6.45) is 0. The van der Waals surface area contributed by atoms with Gasteiger partial charge in [0.2, 0.25) is 0 Å². The van der Waals surface area contributed by atoms with E-state index in [-0.39, 0.29) is 5.56 Å². The number of nitrogens with one attached hydrogen (secondary N) is 1. The molecular formula is C12H15BrFNO2. The van der Waals surface area contributed by atoms with Gasteiger partial charge < -0.3 is 4.74 Å². The van der Waals surface area contributed by atoms with Crippen LogP contribution in [0, 0.1) is 5.82 Å². The fourth-order valence-corrected chi connectivity index (χ4v) is 2.06. The van der Waals surface area contributed by atoms with Gasteiger partial charge in [0, 0.05) is 10.0 Å². The van der Waals surface area contributed by atoms with Gasteiger partial charge >= 0.3 is 5.97 Å². The molecule has 0 heterocycles. The third kappa shape index (κ3) is 2.84. The largest absolute Gasteiger partial charge is 0.467 e. The summed E-state index contributed by atoms with van der Waals surface area (Å²) in [6.45, 7) is 3.98. The Morgan fingerprint density at radius 2 is 2.24 bits per heavy atom. The van der Waals surface area contributed by atoms with E-state index in [4.69, 9.17) is 4.74 Å². The van der Waals surface area contributed by atoms with Gasteiger partial charge in [-0.15, -0.1) is 0 Å². The number of hydrogen-bond donors (Lipinski definition) is 1. The first kappa shape index (κ1) is 14.1. The zero-order chi connectivity index (χ0) is 13.1. The van der Waals surface area contributed by atoms with Gasteiger partial charge in [0.25, 0.3) is 0 Å². The van der Waals surface area contributed by atoms with Crippen molar-refractivity contribution in [2.45, 2.75) is 19.4 Å². The summed E-state index contributed by atoms with van der Waals surface area (Å²) in [7, 11) is 1.29. The summed E-state index contributed by atoms with van der Waals surface area (Å²) < 4.78 is 19.2. The molecule has 0 aliphatic carbocycles. The minimum absolute atomic E-state index is 0.273. The molecule has 0 radical (unpaired) electrons. The van der Waals surface area contributed by atoms with E-state index < -0.39 is 17.3 Å². The molecule has 0 saturated carbocycles. The van der Waals surface area contributed by atoms with Crippen molar-refractivity contribution in [2.24, 2.45) is 0 Å². The topological polar surface area (TPSA) is 38.3 Å². The van der Waals surface area contributed by atoms with Crippen molar-refractivity contribution in [3.05, 3.63) is 34.1 Å². The summed E-state index contributed by atoms with van der Waals surface area (Å²) in [5.41, 5.74) is -0.900. The third-order valence-electron chi connectivity index (χ3n) is 2.59. The molecule has 0 saturated heterocycles. The Morgan fingerprint density at radius 1 is 1.59 bits per heavy atom. The van der Waals surface area contributed by atoms with Crippen LogP contribution in [0.15, 0.2) is 22.7 Å². The molecule has 94 valence electrons. The van der Waals surface area contributed by atoms with Crippen LogP contribution in [0.3, 0.4) is 0 Å². The van der Waals surface area contributed by atoms with Crippen LogP contribution in [0.1, 0.15) is 19.4 Å². The Morgan fingerprint density at radius 3 is 2.71 bits per heavy atom. The molecule has 1 aromatic rings. The molecule has 1 atom stereocenters. The Bertz CT molecular complexity index is 425. The first-order chi connectivity index (χ1) is 7.95. The predicted octanol–water partition coefficient (Wildman–Crippen LogP) is 2.59. The van der Waals surface area contributed by atoms with Crippen LogP contribution in [0.5, 0.6) is 0 Å². The van der Waals surface area contributed by atoms with E-state index >= 15 is 0 Å². The highest BCUT2D eigenvalue weighted by molar-refractivity contribution is 9.10. The zero-order valence-electron chi connectivity index (χ0n) is 10.0. The highest BCUT2D eigenvalue weighted by Crippen LogP contribution is 2.27. The van der Waals surface area contributed by atoms with Gasteiger partial charge in [0.1, 0.15) is 11.4 Å². The molecule has 1 unspecified atom stereocenters. The van der Waals surface area contributed by atoms with Gasteiger partial charge in [-0.05, 0) is 25.6 Å². The molecule has 0 aliphatic rings. The monoisotopic (exact) mass is 303 g/mol. The van der Waals surface area contributed by atoms with E-state index in [0.29, 0.717) is 11.0 Å². The molecule has 0 fully saturated rings. The minimum atomic E-state index is -1.17. The molecule has 0 aliphatic heterocycles. The van der Waals surface area contributed by atoms with Crippen molar-refractivity contribution in [3.63, 3.8) is 0 Å². The van der Waals surface area contributed by atoms with E-state index in [1.54, 1.807) is 19.1 Å². The Kier molecular flexibility index (Phi) is 4.65. The number of carbonyl (C=O) groups excluding carboxylic acids is 1. The fraction of sp³-hybridized carbons (Fsp3) is 0.417.